The highest BCUT2D eigenvalue weighted by Crippen LogP contribution is 2.17. The number of carbonyl (C=O) groups is 1. The van der Waals surface area contributed by atoms with Crippen LogP contribution in [0.25, 0.3) is 0 Å². The Kier molecular flexibility index (Phi) is 5.08. The number of aryl methyl sites for hydroxylation is 1. The molecule has 0 radical (unpaired) electrons. The van der Waals surface area contributed by atoms with Crippen LogP contribution in [-0.4, -0.2) is 35.8 Å². The number of nitrogens with one attached hydrogen (secondary N) is 1. The summed E-state index contributed by atoms with van der Waals surface area (Å²) in [7, 11) is 0. The van der Waals surface area contributed by atoms with E-state index in [9.17, 15) is 4.79 Å². The summed E-state index contributed by atoms with van der Waals surface area (Å²) in [6.45, 7) is 3.87. The Hall–Kier alpha value is -2.13. The van der Waals surface area contributed by atoms with Gasteiger partial charge in [-0.05, 0) is 19.9 Å². The fourth-order valence-corrected chi connectivity index (χ4v) is 1.42. The molecule has 0 aliphatic carbocycles. The SMILES string of the molecule is CCOC(=O)c1cc(C#N)c(NCCO)nc1C. The lowest BCUT2D eigenvalue weighted by Crippen LogP contribution is -2.13. The largest absolute Gasteiger partial charge is 0.462 e. The van der Waals surface area contributed by atoms with Crippen LogP contribution >= 0.6 is 0 Å². The first-order valence-electron chi connectivity index (χ1n) is 5.57. The molecule has 6 heteroatoms. The third kappa shape index (κ3) is 3.18. The van der Waals surface area contributed by atoms with Crippen molar-refractivity contribution in [3.8, 4) is 6.07 Å². The van der Waals surface area contributed by atoms with Crippen LogP contribution in [0.15, 0.2) is 6.07 Å². The van der Waals surface area contributed by atoms with E-state index in [1.54, 1.807) is 13.8 Å². The van der Waals surface area contributed by atoms with Crippen molar-refractivity contribution in [3.63, 3.8) is 0 Å². The number of nitriles is 1. The van der Waals surface area contributed by atoms with Crippen molar-refractivity contribution in [1.29, 1.82) is 5.26 Å². The summed E-state index contributed by atoms with van der Waals surface area (Å²) >= 11 is 0. The topological polar surface area (TPSA) is 95.2 Å². The van der Waals surface area contributed by atoms with Gasteiger partial charge in [0.25, 0.3) is 0 Å². The van der Waals surface area contributed by atoms with Gasteiger partial charge in [0.2, 0.25) is 0 Å². The fraction of sp³-hybridized carbons (Fsp3) is 0.417. The third-order valence-electron chi connectivity index (χ3n) is 2.23. The van der Waals surface area contributed by atoms with E-state index in [1.807, 2.05) is 6.07 Å². The molecule has 0 aliphatic rings. The first kappa shape index (κ1) is 13.9. The van der Waals surface area contributed by atoms with E-state index < -0.39 is 5.97 Å². The second-order valence-corrected chi connectivity index (χ2v) is 3.50. The molecule has 0 atom stereocenters. The van der Waals surface area contributed by atoms with Gasteiger partial charge in [-0.15, -0.1) is 0 Å². The monoisotopic (exact) mass is 249 g/mol. The van der Waals surface area contributed by atoms with E-state index in [0.717, 1.165) is 0 Å². The predicted molar refractivity (Wildman–Crippen MR) is 65.2 cm³/mol. The van der Waals surface area contributed by atoms with Crippen LogP contribution in [0.2, 0.25) is 0 Å². The number of nitrogens with zero attached hydrogens (tertiary/aromatic N) is 2. The van der Waals surface area contributed by atoms with Gasteiger partial charge in [-0.25, -0.2) is 9.78 Å². The molecule has 0 aromatic carbocycles. The minimum absolute atomic E-state index is 0.0643. The van der Waals surface area contributed by atoms with E-state index >= 15 is 0 Å². The first-order chi connectivity index (χ1) is 8.63. The number of anilines is 1. The average molecular weight is 249 g/mol. The molecule has 18 heavy (non-hydrogen) atoms. The van der Waals surface area contributed by atoms with Crippen molar-refractivity contribution in [2.45, 2.75) is 13.8 Å². The second-order valence-electron chi connectivity index (χ2n) is 3.50. The van der Waals surface area contributed by atoms with Gasteiger partial charge in [-0.2, -0.15) is 5.26 Å². The number of aromatic nitrogens is 1. The predicted octanol–water partition coefficient (Wildman–Crippen LogP) is 0.843. The lowest BCUT2D eigenvalue weighted by Gasteiger charge is -2.10. The molecule has 1 aromatic heterocycles. The van der Waals surface area contributed by atoms with Crippen LogP contribution in [0.1, 0.15) is 28.5 Å². The Bertz CT molecular complexity index is 480. The summed E-state index contributed by atoms with van der Waals surface area (Å²) in [5.41, 5.74) is 1.01. The number of pyridine rings is 1. The number of aliphatic hydroxyl groups is 1. The smallest absolute Gasteiger partial charge is 0.340 e. The maximum absolute atomic E-state index is 11.6. The zero-order valence-corrected chi connectivity index (χ0v) is 10.4. The Labute approximate surface area is 105 Å². The molecule has 0 saturated heterocycles. The minimum atomic E-state index is -0.493. The Morgan fingerprint density at radius 3 is 2.94 bits per heavy atom. The van der Waals surface area contributed by atoms with E-state index in [-0.39, 0.29) is 24.3 Å². The van der Waals surface area contributed by atoms with Gasteiger partial charge in [0, 0.05) is 6.54 Å². The zero-order valence-electron chi connectivity index (χ0n) is 10.4. The molecule has 1 heterocycles. The second kappa shape index (κ2) is 6.57. The lowest BCUT2D eigenvalue weighted by atomic mass is 10.1. The molecule has 1 aromatic rings. The van der Waals surface area contributed by atoms with Crippen molar-refractivity contribution >= 4 is 11.8 Å². The highest BCUT2D eigenvalue weighted by Gasteiger charge is 2.15. The van der Waals surface area contributed by atoms with Crippen LogP contribution in [0.3, 0.4) is 0 Å². The van der Waals surface area contributed by atoms with E-state index in [2.05, 4.69) is 10.3 Å². The molecular weight excluding hydrogens is 234 g/mol. The first-order valence-corrected chi connectivity index (χ1v) is 5.57. The van der Waals surface area contributed by atoms with Crippen LogP contribution in [0.4, 0.5) is 5.82 Å². The highest BCUT2D eigenvalue weighted by atomic mass is 16.5. The Morgan fingerprint density at radius 1 is 1.67 bits per heavy atom. The third-order valence-corrected chi connectivity index (χ3v) is 2.23. The van der Waals surface area contributed by atoms with Gasteiger partial charge in [0.1, 0.15) is 11.9 Å². The lowest BCUT2D eigenvalue weighted by molar-refractivity contribution is 0.0525. The molecule has 1 rings (SSSR count). The van der Waals surface area contributed by atoms with Gasteiger partial charge in [0.05, 0.1) is 30.0 Å². The van der Waals surface area contributed by atoms with Crippen molar-refractivity contribution < 1.29 is 14.6 Å². The molecule has 96 valence electrons. The number of ether oxygens (including phenoxy) is 1. The molecule has 0 amide bonds. The van der Waals surface area contributed by atoms with Crippen LogP contribution in [-0.2, 0) is 4.74 Å². The van der Waals surface area contributed by atoms with Gasteiger partial charge >= 0.3 is 5.97 Å². The summed E-state index contributed by atoms with van der Waals surface area (Å²) in [6, 6.07) is 3.40. The van der Waals surface area contributed by atoms with Gasteiger partial charge in [-0.3, -0.25) is 0 Å². The molecule has 0 bridgehead atoms. The Morgan fingerprint density at radius 2 is 2.39 bits per heavy atom. The maximum Gasteiger partial charge on any atom is 0.340 e. The molecule has 0 saturated carbocycles. The molecule has 0 aliphatic heterocycles. The zero-order chi connectivity index (χ0) is 13.5. The van der Waals surface area contributed by atoms with Crippen molar-refractivity contribution in [2.24, 2.45) is 0 Å². The summed E-state index contributed by atoms with van der Waals surface area (Å²) in [6.07, 6.45) is 0. The van der Waals surface area contributed by atoms with Crippen LogP contribution in [0, 0.1) is 18.3 Å². The number of rotatable bonds is 5. The highest BCUT2D eigenvalue weighted by molar-refractivity contribution is 5.91. The van der Waals surface area contributed by atoms with Crippen LogP contribution in [0.5, 0.6) is 0 Å². The normalized spacial score (nSPS) is 9.67. The molecule has 2 N–H and O–H groups in total. The number of aliphatic hydroxyl groups excluding tert-OH is 1. The van der Waals surface area contributed by atoms with Crippen molar-refractivity contribution in [1.82, 2.24) is 4.98 Å². The summed E-state index contributed by atoms with van der Waals surface area (Å²) < 4.78 is 4.88. The van der Waals surface area contributed by atoms with E-state index in [1.165, 1.54) is 6.07 Å². The Balaban J connectivity index is 3.10. The fourth-order valence-electron chi connectivity index (χ4n) is 1.42. The average Bonchev–Trinajstić information content (AvgIpc) is 2.36. The quantitative estimate of drug-likeness (QED) is 0.751. The van der Waals surface area contributed by atoms with E-state index in [0.29, 0.717) is 18.1 Å². The number of hydrogen-bond acceptors (Lipinski definition) is 6. The van der Waals surface area contributed by atoms with Crippen molar-refractivity contribution in [3.05, 3.63) is 22.9 Å². The standard InChI is InChI=1S/C12H15N3O3/c1-3-18-12(17)10-6-9(7-13)11(14-4-5-16)15-8(10)2/h6,16H,3-5H2,1-2H3,(H,14,15). The van der Waals surface area contributed by atoms with Crippen molar-refractivity contribution in [2.75, 3.05) is 25.1 Å². The van der Waals surface area contributed by atoms with Gasteiger partial charge < -0.3 is 15.2 Å². The molecule has 6 nitrogen and oxygen atoms in total. The molecule has 0 fully saturated rings. The molecule has 0 unspecified atom stereocenters. The summed E-state index contributed by atoms with van der Waals surface area (Å²) in [5.74, 6) is -0.134. The molecular formula is C12H15N3O3. The number of carbonyl (C=O) groups excluding carboxylic acids is 1. The van der Waals surface area contributed by atoms with E-state index in [4.69, 9.17) is 15.1 Å². The number of hydrogen-bond donors (Lipinski definition) is 2. The van der Waals surface area contributed by atoms with Crippen LogP contribution < -0.4 is 5.32 Å². The van der Waals surface area contributed by atoms with Gasteiger partial charge in [-0.1, -0.05) is 0 Å². The minimum Gasteiger partial charge on any atom is -0.462 e. The number of esters is 1. The van der Waals surface area contributed by atoms with Gasteiger partial charge in [0.15, 0.2) is 0 Å². The summed E-state index contributed by atoms with van der Waals surface area (Å²) in [4.78, 5) is 15.8. The molecule has 0 spiro atoms. The summed E-state index contributed by atoms with van der Waals surface area (Å²) in [5, 5.41) is 20.5. The maximum atomic E-state index is 11.6.